The Balaban J connectivity index is 1.74. The van der Waals surface area contributed by atoms with Crippen molar-refractivity contribution < 1.29 is 14.0 Å². The number of nitrogens with one attached hydrogen (secondary N) is 2. The Morgan fingerprint density at radius 3 is 2.47 bits per heavy atom. The number of aryl methyl sites for hydroxylation is 1. The lowest BCUT2D eigenvalue weighted by atomic mass is 9.86. The highest BCUT2D eigenvalue weighted by Gasteiger charge is 2.45. The Morgan fingerprint density at radius 2 is 1.93 bits per heavy atom. The minimum absolute atomic E-state index is 0.161. The number of carbonyl (C=O) groups is 2. The Hall–Kier alpha value is -2.32. The van der Waals surface area contributed by atoms with Gasteiger partial charge in [0.1, 0.15) is 12.2 Å². The molecule has 1 aliphatic rings. The van der Waals surface area contributed by atoms with Gasteiger partial charge in [0, 0.05) is 12.2 Å². The second-order valence-corrected chi connectivity index (χ2v) is 9.56. The monoisotopic (exact) mass is 432 g/mol. The number of rotatable bonds is 5. The van der Waals surface area contributed by atoms with Crippen LogP contribution in [-0.4, -0.2) is 53.5 Å². The number of hydrogen-bond donors (Lipinski definition) is 2. The first-order valence-electron chi connectivity index (χ1n) is 10.1. The molecule has 1 saturated heterocycles. The molecule has 2 N–H and O–H groups in total. The van der Waals surface area contributed by atoms with Gasteiger partial charge in [0.2, 0.25) is 11.8 Å². The molecule has 0 aliphatic carbocycles. The number of anilines is 1. The van der Waals surface area contributed by atoms with Crippen LogP contribution < -0.4 is 10.6 Å². The van der Waals surface area contributed by atoms with Crippen LogP contribution in [0.2, 0.25) is 0 Å². The van der Waals surface area contributed by atoms with Crippen molar-refractivity contribution >= 4 is 28.8 Å². The number of likely N-dealkylation sites (N-methyl/N-ethyl adjacent to an activating group) is 1. The summed E-state index contributed by atoms with van der Waals surface area (Å²) in [4.78, 5) is 32.7. The third-order valence-corrected chi connectivity index (χ3v) is 6.42. The van der Waals surface area contributed by atoms with E-state index in [4.69, 9.17) is 0 Å². The molecule has 0 radical (unpaired) electrons. The second-order valence-electron chi connectivity index (χ2n) is 8.70. The molecule has 1 aromatic heterocycles. The van der Waals surface area contributed by atoms with Crippen LogP contribution in [0.4, 0.5) is 10.1 Å². The summed E-state index contributed by atoms with van der Waals surface area (Å²) in [5.74, 6) is -0.750. The number of alkyl halides is 1. The average Bonchev–Trinajstić information content (AvgIpc) is 3.27. The van der Waals surface area contributed by atoms with E-state index in [2.05, 4.69) is 15.6 Å². The first kappa shape index (κ1) is 22.4. The maximum Gasteiger partial charge on any atom is 0.250 e. The molecule has 8 heteroatoms. The van der Waals surface area contributed by atoms with Crippen molar-refractivity contribution in [3.8, 4) is 10.4 Å². The van der Waals surface area contributed by atoms with E-state index in [1.807, 2.05) is 39.8 Å². The van der Waals surface area contributed by atoms with Gasteiger partial charge in [-0.25, -0.2) is 9.37 Å². The smallest absolute Gasteiger partial charge is 0.250 e. The highest BCUT2D eigenvalue weighted by atomic mass is 32.1. The maximum absolute atomic E-state index is 14.6. The van der Waals surface area contributed by atoms with Gasteiger partial charge in [-0.1, -0.05) is 32.9 Å². The molecule has 0 spiro atoms. The molecule has 2 heterocycles. The predicted molar refractivity (Wildman–Crippen MR) is 118 cm³/mol. The zero-order valence-electron chi connectivity index (χ0n) is 18.0. The summed E-state index contributed by atoms with van der Waals surface area (Å²) in [6.07, 6.45) is -1.22. The number of thiazole rings is 1. The third kappa shape index (κ3) is 4.54. The average molecular weight is 433 g/mol. The predicted octanol–water partition coefficient (Wildman–Crippen LogP) is 3.63. The number of hydrogen-bond acceptors (Lipinski definition) is 5. The number of nitrogens with zero attached hydrogens (tertiary/aromatic N) is 2. The molecular formula is C22H29FN4O2S. The van der Waals surface area contributed by atoms with Crippen LogP contribution in [0.1, 0.15) is 32.9 Å². The number of amides is 2. The normalized spacial score (nSPS) is 20.3. The van der Waals surface area contributed by atoms with Crippen molar-refractivity contribution in [3.05, 3.63) is 35.5 Å². The summed E-state index contributed by atoms with van der Waals surface area (Å²) in [6.45, 7) is 8.00. The fourth-order valence-electron chi connectivity index (χ4n) is 3.90. The van der Waals surface area contributed by atoms with Gasteiger partial charge in [0.15, 0.2) is 0 Å². The van der Waals surface area contributed by atoms with Gasteiger partial charge >= 0.3 is 0 Å². The fourth-order valence-corrected chi connectivity index (χ4v) is 4.71. The molecule has 0 saturated carbocycles. The Bertz CT molecular complexity index is 907. The van der Waals surface area contributed by atoms with Crippen molar-refractivity contribution in [1.29, 1.82) is 0 Å². The van der Waals surface area contributed by atoms with Crippen LogP contribution in [0.5, 0.6) is 0 Å². The van der Waals surface area contributed by atoms with Gasteiger partial charge in [0.25, 0.3) is 0 Å². The van der Waals surface area contributed by atoms with Crippen LogP contribution in [0.25, 0.3) is 10.4 Å². The minimum atomic E-state index is -1.38. The summed E-state index contributed by atoms with van der Waals surface area (Å²) in [5.41, 5.74) is 3.97. The highest BCUT2D eigenvalue weighted by Crippen LogP contribution is 2.30. The van der Waals surface area contributed by atoms with Crippen molar-refractivity contribution in [1.82, 2.24) is 15.2 Å². The van der Waals surface area contributed by atoms with E-state index in [9.17, 15) is 14.0 Å². The van der Waals surface area contributed by atoms with Crippen molar-refractivity contribution in [2.45, 2.75) is 52.4 Å². The Labute approximate surface area is 180 Å². The lowest BCUT2D eigenvalue weighted by Crippen LogP contribution is -2.56. The second kappa shape index (κ2) is 8.81. The Morgan fingerprint density at radius 1 is 1.27 bits per heavy atom. The van der Waals surface area contributed by atoms with Crippen LogP contribution in [0.3, 0.4) is 0 Å². The summed E-state index contributed by atoms with van der Waals surface area (Å²) in [5, 5.41) is 5.79. The van der Waals surface area contributed by atoms with Gasteiger partial charge in [-0.15, -0.1) is 11.3 Å². The number of aromatic nitrogens is 1. The van der Waals surface area contributed by atoms with Crippen molar-refractivity contribution in [2.75, 3.05) is 18.9 Å². The summed E-state index contributed by atoms with van der Waals surface area (Å²) in [7, 11) is 1.71. The van der Waals surface area contributed by atoms with Gasteiger partial charge in [-0.05, 0) is 43.5 Å². The number of benzene rings is 1. The number of likely N-dealkylation sites (tertiary alicyclic amines) is 1. The SMILES string of the molecule is CNC(C(=O)N1CC[C@H](F)C1C(=O)Nc1ccc(-c2scnc2C)cc1)C(C)(C)C. The topological polar surface area (TPSA) is 74.3 Å². The number of halogens is 1. The van der Waals surface area contributed by atoms with E-state index in [-0.39, 0.29) is 24.3 Å². The summed E-state index contributed by atoms with van der Waals surface area (Å²) >= 11 is 1.56. The van der Waals surface area contributed by atoms with Crippen LogP contribution >= 0.6 is 11.3 Å². The zero-order chi connectivity index (χ0) is 22.1. The molecule has 3 atom stereocenters. The van der Waals surface area contributed by atoms with E-state index in [0.717, 1.165) is 16.1 Å². The molecule has 2 unspecified atom stereocenters. The van der Waals surface area contributed by atoms with E-state index < -0.39 is 24.2 Å². The van der Waals surface area contributed by atoms with Crippen LogP contribution in [0, 0.1) is 12.3 Å². The molecular weight excluding hydrogens is 403 g/mol. The van der Waals surface area contributed by atoms with Crippen molar-refractivity contribution in [2.24, 2.45) is 5.41 Å². The molecule has 162 valence electrons. The molecule has 30 heavy (non-hydrogen) atoms. The van der Waals surface area contributed by atoms with Crippen LogP contribution in [-0.2, 0) is 9.59 Å². The third-order valence-electron chi connectivity index (χ3n) is 5.44. The van der Waals surface area contributed by atoms with E-state index in [0.29, 0.717) is 5.69 Å². The fraction of sp³-hybridized carbons (Fsp3) is 0.500. The van der Waals surface area contributed by atoms with E-state index in [1.54, 1.807) is 36.0 Å². The zero-order valence-corrected chi connectivity index (χ0v) is 18.8. The molecule has 3 rings (SSSR count). The molecule has 6 nitrogen and oxygen atoms in total. The molecule has 0 bridgehead atoms. The Kier molecular flexibility index (Phi) is 6.57. The molecule has 2 aromatic rings. The van der Waals surface area contributed by atoms with E-state index >= 15 is 0 Å². The van der Waals surface area contributed by atoms with Gasteiger partial charge in [-0.2, -0.15) is 0 Å². The first-order chi connectivity index (χ1) is 14.1. The highest BCUT2D eigenvalue weighted by molar-refractivity contribution is 7.13. The van der Waals surface area contributed by atoms with Gasteiger partial charge in [-0.3, -0.25) is 9.59 Å². The van der Waals surface area contributed by atoms with E-state index in [1.165, 1.54) is 4.90 Å². The minimum Gasteiger partial charge on any atom is -0.326 e. The standard InChI is InChI=1S/C22H29FN4O2S/c1-13-18(30-12-25-13)14-6-8-15(9-7-14)26-20(28)17-16(23)10-11-27(17)21(29)19(24-5)22(2,3)4/h6-9,12,16-17,19,24H,10-11H2,1-5H3,(H,26,28)/t16-,17?,19?/m0/s1. The lowest BCUT2D eigenvalue weighted by Gasteiger charge is -2.34. The largest absolute Gasteiger partial charge is 0.326 e. The van der Waals surface area contributed by atoms with Crippen LogP contribution in [0.15, 0.2) is 29.8 Å². The summed E-state index contributed by atoms with van der Waals surface area (Å²) in [6, 6.07) is 5.74. The van der Waals surface area contributed by atoms with Crippen molar-refractivity contribution in [3.63, 3.8) is 0 Å². The van der Waals surface area contributed by atoms with Gasteiger partial charge < -0.3 is 15.5 Å². The lowest BCUT2D eigenvalue weighted by molar-refractivity contribution is -0.141. The maximum atomic E-state index is 14.6. The molecule has 1 aromatic carbocycles. The molecule has 2 amide bonds. The molecule has 1 aliphatic heterocycles. The number of carbonyl (C=O) groups excluding carboxylic acids is 2. The summed E-state index contributed by atoms with van der Waals surface area (Å²) < 4.78 is 14.6. The first-order valence-corrected chi connectivity index (χ1v) is 10.9. The van der Waals surface area contributed by atoms with Gasteiger partial charge in [0.05, 0.1) is 22.1 Å². The quantitative estimate of drug-likeness (QED) is 0.757. The molecule has 1 fully saturated rings.